The van der Waals surface area contributed by atoms with Gasteiger partial charge in [-0.2, -0.15) is 0 Å². The van der Waals surface area contributed by atoms with E-state index >= 15 is 0 Å². The molecule has 0 aromatic heterocycles. The van der Waals surface area contributed by atoms with E-state index in [4.69, 9.17) is 4.74 Å². The number of hydrogen-bond donors (Lipinski definition) is 1. The van der Waals surface area contributed by atoms with Gasteiger partial charge in [-0.05, 0) is 44.6 Å². The van der Waals surface area contributed by atoms with Gasteiger partial charge in [-0.1, -0.05) is 13.8 Å². The van der Waals surface area contributed by atoms with Crippen molar-refractivity contribution in [3.05, 3.63) is 0 Å². The Morgan fingerprint density at radius 2 is 2.14 bits per heavy atom. The van der Waals surface area contributed by atoms with Gasteiger partial charge in [0.15, 0.2) is 0 Å². The molecule has 0 unspecified atom stereocenters. The van der Waals surface area contributed by atoms with Gasteiger partial charge in [0.1, 0.15) is 0 Å². The standard InChI is InChI=1S/C12H23NO/c1-3-10-4-5-12(14-10)11-8-9(2)6-7-13-11/h9-13H,3-8H2,1-2H3/t9-,10-,11+,12-/m1/s1. The lowest BCUT2D eigenvalue weighted by Crippen LogP contribution is -2.45. The zero-order chi connectivity index (χ0) is 9.97. The molecule has 1 N–H and O–H groups in total. The average Bonchev–Trinajstić information content (AvgIpc) is 2.66. The van der Waals surface area contributed by atoms with Crippen molar-refractivity contribution >= 4 is 0 Å². The van der Waals surface area contributed by atoms with Crippen LogP contribution in [0.4, 0.5) is 0 Å². The minimum Gasteiger partial charge on any atom is -0.373 e. The fourth-order valence-corrected chi connectivity index (χ4v) is 2.76. The first-order chi connectivity index (χ1) is 6.79. The summed E-state index contributed by atoms with van der Waals surface area (Å²) in [5.41, 5.74) is 0. The Morgan fingerprint density at radius 3 is 2.79 bits per heavy atom. The second-order valence-corrected chi connectivity index (χ2v) is 4.97. The lowest BCUT2D eigenvalue weighted by molar-refractivity contribution is 0.0114. The van der Waals surface area contributed by atoms with E-state index in [0.29, 0.717) is 18.2 Å². The third kappa shape index (κ3) is 2.29. The van der Waals surface area contributed by atoms with Gasteiger partial charge >= 0.3 is 0 Å². The van der Waals surface area contributed by atoms with Crippen LogP contribution in [-0.2, 0) is 4.74 Å². The SMILES string of the molecule is CC[C@@H]1CC[C@H]([C@@H]2C[C@H](C)CCN2)O1. The van der Waals surface area contributed by atoms with Crippen LogP contribution < -0.4 is 5.32 Å². The van der Waals surface area contributed by atoms with Crippen LogP contribution in [-0.4, -0.2) is 24.8 Å². The highest BCUT2D eigenvalue weighted by molar-refractivity contribution is 4.87. The molecule has 0 bridgehead atoms. The Hall–Kier alpha value is -0.0800. The molecule has 0 aromatic rings. The molecule has 2 heteroatoms. The molecule has 0 aliphatic carbocycles. The minimum atomic E-state index is 0.502. The summed E-state index contributed by atoms with van der Waals surface area (Å²) >= 11 is 0. The molecule has 82 valence electrons. The first-order valence-corrected chi connectivity index (χ1v) is 6.18. The van der Waals surface area contributed by atoms with Crippen molar-refractivity contribution in [3.63, 3.8) is 0 Å². The van der Waals surface area contributed by atoms with Gasteiger partial charge in [0.2, 0.25) is 0 Å². The molecule has 0 saturated carbocycles. The Bertz CT molecular complexity index is 183. The summed E-state index contributed by atoms with van der Waals surface area (Å²) in [5, 5.41) is 3.61. The van der Waals surface area contributed by atoms with Gasteiger partial charge in [-0.3, -0.25) is 0 Å². The van der Waals surface area contributed by atoms with Crippen LogP contribution in [0.25, 0.3) is 0 Å². The summed E-state index contributed by atoms with van der Waals surface area (Å²) in [7, 11) is 0. The molecular weight excluding hydrogens is 174 g/mol. The topological polar surface area (TPSA) is 21.3 Å². The van der Waals surface area contributed by atoms with Crippen LogP contribution in [0.2, 0.25) is 0 Å². The van der Waals surface area contributed by atoms with E-state index in [1.807, 2.05) is 0 Å². The molecule has 4 atom stereocenters. The van der Waals surface area contributed by atoms with Gasteiger partial charge in [-0.25, -0.2) is 0 Å². The highest BCUT2D eigenvalue weighted by Crippen LogP contribution is 2.28. The number of ether oxygens (including phenoxy) is 1. The van der Waals surface area contributed by atoms with Crippen LogP contribution >= 0.6 is 0 Å². The van der Waals surface area contributed by atoms with E-state index in [2.05, 4.69) is 19.2 Å². The van der Waals surface area contributed by atoms with Gasteiger partial charge in [0.05, 0.1) is 12.2 Å². The number of rotatable bonds is 2. The average molecular weight is 197 g/mol. The van der Waals surface area contributed by atoms with Gasteiger partial charge < -0.3 is 10.1 Å². The molecule has 2 fully saturated rings. The first-order valence-electron chi connectivity index (χ1n) is 6.18. The summed E-state index contributed by atoms with van der Waals surface area (Å²) in [4.78, 5) is 0. The summed E-state index contributed by atoms with van der Waals surface area (Å²) in [6, 6.07) is 0.635. The Labute approximate surface area is 87.4 Å². The highest BCUT2D eigenvalue weighted by atomic mass is 16.5. The van der Waals surface area contributed by atoms with E-state index in [1.165, 1.54) is 38.6 Å². The number of hydrogen-bond acceptors (Lipinski definition) is 2. The first kappa shape index (κ1) is 10.4. The minimum absolute atomic E-state index is 0.502. The molecule has 2 aliphatic heterocycles. The highest BCUT2D eigenvalue weighted by Gasteiger charge is 2.32. The molecule has 2 heterocycles. The van der Waals surface area contributed by atoms with E-state index in [0.717, 1.165) is 5.92 Å². The summed E-state index contributed by atoms with van der Waals surface area (Å²) in [6.45, 7) is 5.77. The predicted octanol–water partition coefficient (Wildman–Crippen LogP) is 2.33. The number of piperidine rings is 1. The fraction of sp³-hybridized carbons (Fsp3) is 1.00. The molecule has 14 heavy (non-hydrogen) atoms. The van der Waals surface area contributed by atoms with Crippen molar-refractivity contribution in [1.29, 1.82) is 0 Å². The molecular formula is C12H23NO. The normalized spacial score (nSPS) is 44.1. The molecule has 2 rings (SSSR count). The second-order valence-electron chi connectivity index (χ2n) is 4.97. The van der Waals surface area contributed by atoms with Gasteiger partial charge in [0.25, 0.3) is 0 Å². The van der Waals surface area contributed by atoms with E-state index in [1.54, 1.807) is 0 Å². The molecule has 2 nitrogen and oxygen atoms in total. The van der Waals surface area contributed by atoms with E-state index in [-0.39, 0.29) is 0 Å². The van der Waals surface area contributed by atoms with E-state index < -0.39 is 0 Å². The molecule has 0 spiro atoms. The van der Waals surface area contributed by atoms with Crippen molar-refractivity contribution in [1.82, 2.24) is 5.32 Å². The number of nitrogens with one attached hydrogen (secondary N) is 1. The summed E-state index contributed by atoms with van der Waals surface area (Å²) < 4.78 is 6.04. The predicted molar refractivity (Wildman–Crippen MR) is 58.4 cm³/mol. The van der Waals surface area contributed by atoms with Gasteiger partial charge in [0, 0.05) is 6.04 Å². The monoisotopic (exact) mass is 197 g/mol. The van der Waals surface area contributed by atoms with Crippen molar-refractivity contribution in [2.75, 3.05) is 6.54 Å². The van der Waals surface area contributed by atoms with Crippen molar-refractivity contribution in [2.24, 2.45) is 5.92 Å². The van der Waals surface area contributed by atoms with Crippen LogP contribution in [0, 0.1) is 5.92 Å². The van der Waals surface area contributed by atoms with Gasteiger partial charge in [-0.15, -0.1) is 0 Å². The second kappa shape index (κ2) is 4.63. The largest absolute Gasteiger partial charge is 0.373 e. The molecule has 0 radical (unpaired) electrons. The van der Waals surface area contributed by atoms with Crippen molar-refractivity contribution in [3.8, 4) is 0 Å². The smallest absolute Gasteiger partial charge is 0.0732 e. The fourth-order valence-electron chi connectivity index (χ4n) is 2.76. The van der Waals surface area contributed by atoms with Crippen LogP contribution in [0.5, 0.6) is 0 Å². The van der Waals surface area contributed by atoms with Crippen molar-refractivity contribution < 1.29 is 4.74 Å². The maximum absolute atomic E-state index is 6.04. The summed E-state index contributed by atoms with van der Waals surface area (Å²) in [6.07, 6.45) is 7.40. The van der Waals surface area contributed by atoms with Crippen LogP contribution in [0.3, 0.4) is 0 Å². The zero-order valence-electron chi connectivity index (χ0n) is 9.46. The van der Waals surface area contributed by atoms with E-state index in [9.17, 15) is 0 Å². The third-order valence-electron chi connectivity index (χ3n) is 3.74. The molecule has 0 aromatic carbocycles. The molecule has 0 amide bonds. The maximum Gasteiger partial charge on any atom is 0.0732 e. The third-order valence-corrected chi connectivity index (χ3v) is 3.74. The van der Waals surface area contributed by atoms with Crippen LogP contribution in [0.1, 0.15) is 46.0 Å². The zero-order valence-corrected chi connectivity index (χ0v) is 9.46. The summed E-state index contributed by atoms with van der Waals surface area (Å²) in [5.74, 6) is 0.880. The lowest BCUT2D eigenvalue weighted by Gasteiger charge is -2.32. The maximum atomic E-state index is 6.04. The molecule has 2 aliphatic rings. The lowest BCUT2D eigenvalue weighted by atomic mass is 9.90. The van der Waals surface area contributed by atoms with Crippen molar-refractivity contribution in [2.45, 2.75) is 64.2 Å². The van der Waals surface area contributed by atoms with Crippen LogP contribution in [0.15, 0.2) is 0 Å². The molecule has 2 saturated heterocycles. The quantitative estimate of drug-likeness (QED) is 0.733. The Kier molecular flexibility index (Phi) is 3.45. The Morgan fingerprint density at radius 1 is 1.29 bits per heavy atom. The Balaban J connectivity index is 1.83.